The highest BCUT2D eigenvalue weighted by Gasteiger charge is 2.35. The number of nitrogens with zero attached hydrogens (tertiary/aromatic N) is 2. The van der Waals surface area contributed by atoms with E-state index in [0.29, 0.717) is 6.07 Å². The molecule has 0 aliphatic carbocycles. The Labute approximate surface area is 154 Å². The molecular weight excluding hydrogens is 394 g/mol. The van der Waals surface area contributed by atoms with Gasteiger partial charge in [0.1, 0.15) is 11.6 Å². The number of nitrogens with one attached hydrogen (secondary N) is 1. The van der Waals surface area contributed by atoms with Crippen molar-refractivity contribution in [1.29, 1.82) is 0 Å². The smallest absolute Gasteiger partial charge is 0.419 e. The summed E-state index contributed by atoms with van der Waals surface area (Å²) in [7, 11) is 2.27. The van der Waals surface area contributed by atoms with Gasteiger partial charge in [0.05, 0.1) is 30.9 Å². The highest BCUT2D eigenvalue weighted by Crippen LogP contribution is 2.35. The third kappa shape index (κ3) is 5.06. The lowest BCUT2D eigenvalue weighted by atomic mass is 10.1. The lowest BCUT2D eigenvalue weighted by Crippen LogP contribution is -2.19. The first-order valence-corrected chi connectivity index (χ1v) is 7.82. The van der Waals surface area contributed by atoms with Gasteiger partial charge in [0.2, 0.25) is 0 Å². The predicted molar refractivity (Wildman–Crippen MR) is 88.8 cm³/mol. The van der Waals surface area contributed by atoms with Crippen molar-refractivity contribution >= 4 is 35.0 Å². The van der Waals surface area contributed by atoms with Crippen LogP contribution in [0.15, 0.2) is 33.3 Å². The molecule has 7 nitrogen and oxygen atoms in total. The van der Waals surface area contributed by atoms with Crippen LogP contribution in [0.3, 0.4) is 0 Å². The average Bonchev–Trinajstić information content (AvgIpc) is 2.94. The Morgan fingerprint density at radius 2 is 2.00 bits per heavy atom. The minimum Gasteiger partial charge on any atom is -0.497 e. The molecule has 0 aromatic heterocycles. The van der Waals surface area contributed by atoms with Gasteiger partial charge < -0.3 is 9.47 Å². The maximum absolute atomic E-state index is 14.0. The molecule has 144 valence electrons. The zero-order valence-electron chi connectivity index (χ0n) is 13.8. The number of ether oxygens (including phenoxy) is 2. The third-order valence-electron chi connectivity index (χ3n) is 3.06. The van der Waals surface area contributed by atoms with Crippen LogP contribution in [-0.2, 0) is 20.5 Å². The molecule has 1 N–H and O–H groups in total. The molecule has 1 aromatic carbocycles. The number of hydrogen-bond acceptors (Lipinski definition) is 7. The number of alkyl halides is 3. The van der Waals surface area contributed by atoms with Crippen LogP contribution < -0.4 is 10.1 Å². The molecule has 0 radical (unpaired) electrons. The van der Waals surface area contributed by atoms with Crippen LogP contribution in [0.4, 0.5) is 17.6 Å². The number of amides is 1. The molecule has 2 rings (SSSR count). The lowest BCUT2D eigenvalue weighted by molar-refractivity contribution is -0.140. The molecule has 0 unspecified atom stereocenters. The first kappa shape index (κ1) is 20.4. The summed E-state index contributed by atoms with van der Waals surface area (Å²) in [5.74, 6) is -3.15. The van der Waals surface area contributed by atoms with Gasteiger partial charge in [0, 0.05) is 11.6 Å². The molecule has 0 saturated carbocycles. The standard InChI is InChI=1S/C15H11F4N3O4S/c1-25-8-3-7(12(16)9(4-8)15(17,18)19)6-20-22-14-21-13(24)10(27-14)5-11(23)26-2/h3-6H,1-2H3,(H,21,22,24)/b10-5+,20-6?. The Morgan fingerprint density at radius 1 is 1.30 bits per heavy atom. The van der Waals surface area contributed by atoms with Crippen molar-refractivity contribution in [2.45, 2.75) is 6.18 Å². The molecule has 1 aliphatic rings. The molecule has 0 bridgehead atoms. The Bertz CT molecular complexity index is 865. The Kier molecular flexibility index (Phi) is 6.20. The molecule has 1 amide bonds. The molecule has 0 spiro atoms. The fourth-order valence-electron chi connectivity index (χ4n) is 1.82. The number of methoxy groups -OCH3 is 2. The number of rotatable bonds is 4. The largest absolute Gasteiger partial charge is 0.497 e. The number of carbonyl (C=O) groups excluding carboxylic acids is 2. The summed E-state index contributed by atoms with van der Waals surface area (Å²) in [6.45, 7) is 0. The Morgan fingerprint density at radius 3 is 2.59 bits per heavy atom. The maximum Gasteiger partial charge on any atom is 0.419 e. The number of carbonyl (C=O) groups is 2. The van der Waals surface area contributed by atoms with Gasteiger partial charge in [-0.2, -0.15) is 18.3 Å². The second-order valence-electron chi connectivity index (χ2n) is 4.81. The topological polar surface area (TPSA) is 89.3 Å². The normalized spacial score (nSPS) is 17.6. The first-order valence-electron chi connectivity index (χ1n) is 7.00. The van der Waals surface area contributed by atoms with E-state index in [-0.39, 0.29) is 15.8 Å². The van der Waals surface area contributed by atoms with Crippen LogP contribution in [0.2, 0.25) is 0 Å². The van der Waals surface area contributed by atoms with Gasteiger partial charge in [-0.1, -0.05) is 0 Å². The first-order chi connectivity index (χ1) is 12.7. The number of thioether (sulfide) groups is 1. The fourth-order valence-corrected chi connectivity index (χ4v) is 2.56. The van der Waals surface area contributed by atoms with E-state index in [1.54, 1.807) is 0 Å². The minimum atomic E-state index is -4.92. The third-order valence-corrected chi connectivity index (χ3v) is 3.96. The molecule has 1 heterocycles. The highest BCUT2D eigenvalue weighted by atomic mass is 32.2. The molecule has 27 heavy (non-hydrogen) atoms. The zero-order chi connectivity index (χ0) is 20.2. The van der Waals surface area contributed by atoms with E-state index in [1.165, 1.54) is 0 Å². The van der Waals surface area contributed by atoms with Gasteiger partial charge in [0.15, 0.2) is 5.17 Å². The van der Waals surface area contributed by atoms with Crippen molar-refractivity contribution in [3.8, 4) is 5.75 Å². The second kappa shape index (κ2) is 8.20. The van der Waals surface area contributed by atoms with Crippen molar-refractivity contribution in [2.75, 3.05) is 14.2 Å². The molecule has 1 aliphatic heterocycles. The number of hydrogen-bond donors (Lipinski definition) is 1. The van der Waals surface area contributed by atoms with Gasteiger partial charge in [-0.3, -0.25) is 10.1 Å². The molecule has 0 atom stereocenters. The maximum atomic E-state index is 14.0. The molecular formula is C15H11F4N3O4S. The van der Waals surface area contributed by atoms with Crippen LogP contribution in [-0.4, -0.2) is 37.5 Å². The van der Waals surface area contributed by atoms with E-state index < -0.39 is 35.0 Å². The number of amidine groups is 1. The predicted octanol–water partition coefficient (Wildman–Crippen LogP) is 2.46. The van der Waals surface area contributed by atoms with Crippen molar-refractivity contribution < 1.29 is 36.6 Å². The van der Waals surface area contributed by atoms with Crippen molar-refractivity contribution in [2.24, 2.45) is 10.2 Å². The zero-order valence-corrected chi connectivity index (χ0v) is 14.6. The van der Waals surface area contributed by atoms with Gasteiger partial charge in [-0.15, -0.1) is 5.10 Å². The summed E-state index contributed by atoms with van der Waals surface area (Å²) in [5, 5.41) is 9.28. The van der Waals surface area contributed by atoms with Gasteiger partial charge in [-0.25, -0.2) is 9.18 Å². The number of esters is 1. The molecule has 12 heteroatoms. The second-order valence-corrected chi connectivity index (χ2v) is 5.84. The van der Waals surface area contributed by atoms with E-state index >= 15 is 0 Å². The van der Waals surface area contributed by atoms with Crippen LogP contribution in [0.1, 0.15) is 11.1 Å². The Balaban J connectivity index is 2.26. The summed E-state index contributed by atoms with van der Waals surface area (Å²) in [4.78, 5) is 22.7. The number of halogens is 4. The fraction of sp³-hybridized carbons (Fsp3) is 0.200. The summed E-state index contributed by atoms with van der Waals surface area (Å²) >= 11 is 0.754. The average molecular weight is 405 g/mol. The van der Waals surface area contributed by atoms with Gasteiger partial charge >= 0.3 is 12.1 Å². The van der Waals surface area contributed by atoms with Crippen LogP contribution in [0.25, 0.3) is 0 Å². The van der Waals surface area contributed by atoms with E-state index in [9.17, 15) is 27.2 Å². The summed E-state index contributed by atoms with van der Waals surface area (Å²) in [6.07, 6.45) is -3.24. The number of benzene rings is 1. The quantitative estimate of drug-likeness (QED) is 0.273. The monoisotopic (exact) mass is 405 g/mol. The van der Waals surface area contributed by atoms with E-state index in [4.69, 9.17) is 4.74 Å². The minimum absolute atomic E-state index is 0.0114. The van der Waals surface area contributed by atoms with Crippen molar-refractivity contribution in [1.82, 2.24) is 5.32 Å². The van der Waals surface area contributed by atoms with Crippen LogP contribution >= 0.6 is 11.8 Å². The van der Waals surface area contributed by atoms with Gasteiger partial charge in [0.25, 0.3) is 5.91 Å². The van der Waals surface area contributed by atoms with E-state index in [1.807, 2.05) is 0 Å². The van der Waals surface area contributed by atoms with Crippen LogP contribution in [0, 0.1) is 5.82 Å². The van der Waals surface area contributed by atoms with Gasteiger partial charge in [-0.05, 0) is 23.9 Å². The summed E-state index contributed by atoms with van der Waals surface area (Å²) in [5.41, 5.74) is -2.02. The van der Waals surface area contributed by atoms with Crippen molar-refractivity contribution in [3.63, 3.8) is 0 Å². The SMILES string of the molecule is COC(=O)/C=C1/S/C(=N\N=Cc2cc(OC)cc(C(F)(F)F)c2F)NC1=O. The summed E-state index contributed by atoms with van der Waals surface area (Å²) in [6, 6.07) is 1.53. The Hall–Kier alpha value is -2.89. The lowest BCUT2D eigenvalue weighted by Gasteiger charge is -2.11. The summed E-state index contributed by atoms with van der Waals surface area (Å²) < 4.78 is 61.8. The molecule has 1 aromatic rings. The molecule has 1 saturated heterocycles. The van der Waals surface area contributed by atoms with E-state index in [0.717, 1.165) is 44.3 Å². The van der Waals surface area contributed by atoms with Crippen molar-refractivity contribution in [3.05, 3.63) is 40.1 Å². The molecule has 1 fully saturated rings. The van der Waals surface area contributed by atoms with Crippen LogP contribution in [0.5, 0.6) is 5.75 Å². The van der Waals surface area contributed by atoms with E-state index in [2.05, 4.69) is 20.3 Å². The highest BCUT2D eigenvalue weighted by molar-refractivity contribution is 8.18.